The monoisotopic (exact) mass is 328 g/mol. The van der Waals surface area contributed by atoms with Crippen molar-refractivity contribution in [1.82, 2.24) is 0 Å². The van der Waals surface area contributed by atoms with E-state index in [2.05, 4.69) is 12.1 Å². The van der Waals surface area contributed by atoms with Gasteiger partial charge in [-0.05, 0) is 31.2 Å². The summed E-state index contributed by atoms with van der Waals surface area (Å²) < 4.78 is 0. The van der Waals surface area contributed by atoms with Crippen molar-refractivity contribution >= 4 is 5.78 Å². The number of carbonyl (C=O) groups is 1. The van der Waals surface area contributed by atoms with Gasteiger partial charge in [0.25, 0.3) is 0 Å². The van der Waals surface area contributed by atoms with Crippen molar-refractivity contribution in [2.24, 2.45) is 0 Å². The highest BCUT2D eigenvalue weighted by atomic mass is 16.1. The van der Waals surface area contributed by atoms with Crippen molar-refractivity contribution in [3.63, 3.8) is 0 Å². The van der Waals surface area contributed by atoms with E-state index in [0.717, 1.165) is 5.56 Å². The maximum atomic E-state index is 11.5. The Morgan fingerprint density at radius 2 is 1.04 bits per heavy atom. The molecule has 0 spiro atoms. The molecule has 24 heavy (non-hydrogen) atoms. The van der Waals surface area contributed by atoms with Crippen molar-refractivity contribution < 1.29 is 4.79 Å². The van der Waals surface area contributed by atoms with Crippen LogP contribution in [0.25, 0.3) is 0 Å². The topological polar surface area (TPSA) is 17.1 Å². The zero-order chi connectivity index (χ0) is 17.0. The van der Waals surface area contributed by atoms with Gasteiger partial charge in [-0.2, -0.15) is 0 Å². The lowest BCUT2D eigenvalue weighted by molar-refractivity contribution is 0.101. The van der Waals surface area contributed by atoms with Crippen LogP contribution in [0.15, 0.2) is 24.3 Å². The van der Waals surface area contributed by atoms with Gasteiger partial charge in [-0.15, -0.1) is 0 Å². The lowest BCUT2D eigenvalue weighted by Crippen LogP contribution is -2.01. The van der Waals surface area contributed by atoms with Crippen LogP contribution in [-0.4, -0.2) is 5.78 Å². The molecule has 0 unspecified atom stereocenters. The number of carbonyl (C=O) groups excluding carboxylic acids is 1. The van der Waals surface area contributed by atoms with Crippen LogP contribution in [-0.2, 0) is 0 Å². The number of benzene rings is 1. The van der Waals surface area contributed by atoms with E-state index < -0.39 is 0 Å². The Morgan fingerprint density at radius 3 is 1.42 bits per heavy atom. The van der Waals surface area contributed by atoms with Crippen LogP contribution in [0.1, 0.15) is 119 Å². The normalized spacial score (nSPS) is 20.0. The zero-order valence-electron chi connectivity index (χ0n) is 15.7. The molecule has 0 bridgehead atoms. The van der Waals surface area contributed by atoms with E-state index in [1.807, 2.05) is 12.1 Å². The first-order chi connectivity index (χ1) is 11.8. The number of hydrogen-bond acceptors (Lipinski definition) is 1. The van der Waals surface area contributed by atoms with Gasteiger partial charge in [-0.1, -0.05) is 101 Å². The van der Waals surface area contributed by atoms with Gasteiger partial charge in [0.15, 0.2) is 5.78 Å². The Labute approximate surface area is 149 Å². The third-order valence-corrected chi connectivity index (χ3v) is 5.64. The summed E-state index contributed by atoms with van der Waals surface area (Å²) >= 11 is 0. The van der Waals surface area contributed by atoms with Gasteiger partial charge < -0.3 is 0 Å². The number of Topliss-reactive ketones (excluding diaryl/α,β-unsaturated/α-hetero) is 1. The average molecular weight is 329 g/mol. The zero-order valence-corrected chi connectivity index (χ0v) is 15.7. The molecule has 1 aromatic carbocycles. The Hall–Kier alpha value is -1.11. The Morgan fingerprint density at radius 1 is 0.667 bits per heavy atom. The summed E-state index contributed by atoms with van der Waals surface area (Å²) in [4.78, 5) is 11.5. The Kier molecular flexibility index (Phi) is 9.16. The quantitative estimate of drug-likeness (QED) is 0.515. The van der Waals surface area contributed by atoms with E-state index in [-0.39, 0.29) is 5.78 Å². The molecular formula is C23H36O. The van der Waals surface area contributed by atoms with Gasteiger partial charge in [0, 0.05) is 5.56 Å². The predicted octanol–water partition coefficient (Wildman–Crippen LogP) is 7.45. The molecule has 0 aromatic heterocycles. The fourth-order valence-corrected chi connectivity index (χ4v) is 4.02. The lowest BCUT2D eigenvalue weighted by atomic mass is 9.87. The van der Waals surface area contributed by atoms with E-state index in [9.17, 15) is 4.79 Å². The van der Waals surface area contributed by atoms with Crippen LogP contribution in [0.4, 0.5) is 0 Å². The minimum Gasteiger partial charge on any atom is -0.295 e. The fourth-order valence-electron chi connectivity index (χ4n) is 4.02. The molecule has 0 atom stereocenters. The highest BCUT2D eigenvalue weighted by Gasteiger charge is 2.12. The van der Waals surface area contributed by atoms with Crippen molar-refractivity contribution in [2.45, 2.75) is 103 Å². The predicted molar refractivity (Wildman–Crippen MR) is 104 cm³/mol. The van der Waals surface area contributed by atoms with Gasteiger partial charge >= 0.3 is 0 Å². The molecule has 1 saturated carbocycles. The third kappa shape index (κ3) is 7.20. The summed E-state index contributed by atoms with van der Waals surface area (Å²) in [5.74, 6) is 0.861. The SMILES string of the molecule is CC(=O)c1ccc(C2CCCCCCCCCCCCCC2)cc1. The molecule has 0 heterocycles. The summed E-state index contributed by atoms with van der Waals surface area (Å²) in [6.45, 7) is 1.65. The largest absolute Gasteiger partial charge is 0.295 e. The van der Waals surface area contributed by atoms with E-state index >= 15 is 0 Å². The van der Waals surface area contributed by atoms with Gasteiger partial charge in [-0.25, -0.2) is 0 Å². The first-order valence-electron chi connectivity index (χ1n) is 10.4. The standard InChI is InChI=1S/C23H36O/c1-20(24)21-16-18-23(19-17-21)22-14-12-10-8-6-4-2-3-5-7-9-11-13-15-22/h16-19,22H,2-15H2,1H3. The molecule has 134 valence electrons. The van der Waals surface area contributed by atoms with E-state index in [0.29, 0.717) is 5.92 Å². The second-order valence-corrected chi connectivity index (χ2v) is 7.70. The van der Waals surface area contributed by atoms with Gasteiger partial charge in [0.2, 0.25) is 0 Å². The molecule has 1 aliphatic carbocycles. The molecule has 0 radical (unpaired) electrons. The van der Waals surface area contributed by atoms with E-state index in [1.165, 1.54) is 95.5 Å². The number of hydrogen-bond donors (Lipinski definition) is 0. The second-order valence-electron chi connectivity index (χ2n) is 7.70. The highest BCUT2D eigenvalue weighted by Crippen LogP contribution is 2.29. The van der Waals surface area contributed by atoms with Crippen molar-refractivity contribution in [1.29, 1.82) is 0 Å². The minimum absolute atomic E-state index is 0.170. The van der Waals surface area contributed by atoms with Crippen molar-refractivity contribution in [2.75, 3.05) is 0 Å². The van der Waals surface area contributed by atoms with Gasteiger partial charge in [0.1, 0.15) is 0 Å². The molecule has 0 aliphatic heterocycles. The molecule has 1 aromatic rings. The maximum Gasteiger partial charge on any atom is 0.159 e. The molecule has 2 rings (SSSR count). The van der Waals surface area contributed by atoms with Crippen molar-refractivity contribution in [3.05, 3.63) is 35.4 Å². The summed E-state index contributed by atoms with van der Waals surface area (Å²) in [7, 11) is 0. The summed E-state index contributed by atoms with van der Waals surface area (Å²) in [5.41, 5.74) is 2.29. The molecule has 1 heteroatoms. The Balaban J connectivity index is 1.91. The number of rotatable bonds is 2. The van der Waals surface area contributed by atoms with Crippen LogP contribution in [0, 0.1) is 0 Å². The van der Waals surface area contributed by atoms with Gasteiger partial charge in [-0.3, -0.25) is 4.79 Å². The summed E-state index contributed by atoms with van der Waals surface area (Å²) in [6.07, 6.45) is 19.6. The first kappa shape index (κ1) is 19.2. The molecule has 0 amide bonds. The van der Waals surface area contributed by atoms with Crippen LogP contribution in [0.2, 0.25) is 0 Å². The van der Waals surface area contributed by atoms with Crippen molar-refractivity contribution in [3.8, 4) is 0 Å². The number of ketones is 1. The third-order valence-electron chi connectivity index (χ3n) is 5.64. The first-order valence-corrected chi connectivity index (χ1v) is 10.4. The molecule has 1 fully saturated rings. The van der Waals surface area contributed by atoms with Gasteiger partial charge in [0.05, 0.1) is 0 Å². The second kappa shape index (κ2) is 11.4. The van der Waals surface area contributed by atoms with E-state index in [4.69, 9.17) is 0 Å². The highest BCUT2D eigenvalue weighted by molar-refractivity contribution is 5.94. The lowest BCUT2D eigenvalue weighted by Gasteiger charge is -2.18. The molecule has 0 N–H and O–H groups in total. The van der Waals surface area contributed by atoms with Crippen LogP contribution >= 0.6 is 0 Å². The molecular weight excluding hydrogens is 292 g/mol. The fraction of sp³-hybridized carbons (Fsp3) is 0.696. The maximum absolute atomic E-state index is 11.5. The van der Waals surface area contributed by atoms with E-state index in [1.54, 1.807) is 6.92 Å². The minimum atomic E-state index is 0.170. The average Bonchev–Trinajstić information content (AvgIpc) is 2.60. The van der Waals surface area contributed by atoms with Crippen LogP contribution < -0.4 is 0 Å². The molecule has 1 nitrogen and oxygen atoms in total. The summed E-state index contributed by atoms with van der Waals surface area (Å²) in [5, 5.41) is 0. The van der Waals surface area contributed by atoms with Crippen LogP contribution in [0.5, 0.6) is 0 Å². The molecule has 1 aliphatic rings. The van der Waals surface area contributed by atoms with Crippen LogP contribution in [0.3, 0.4) is 0 Å². The summed E-state index contributed by atoms with van der Waals surface area (Å²) in [6, 6.07) is 8.45. The molecule has 0 saturated heterocycles. The smallest absolute Gasteiger partial charge is 0.159 e. The Bertz CT molecular complexity index is 443.